The van der Waals surface area contributed by atoms with Crippen LogP contribution < -0.4 is 11.1 Å². The smallest absolute Gasteiger partial charge is 0.226 e. The van der Waals surface area contributed by atoms with Crippen LogP contribution in [0.1, 0.15) is 16.5 Å². The van der Waals surface area contributed by atoms with Crippen molar-refractivity contribution in [3.63, 3.8) is 0 Å². The van der Waals surface area contributed by atoms with E-state index in [1.165, 1.54) is 11.3 Å². The molecule has 0 spiro atoms. The fourth-order valence-corrected chi connectivity index (χ4v) is 2.02. The van der Waals surface area contributed by atoms with E-state index < -0.39 is 0 Å². The SMILES string of the molecule is NCc1nc(CC(=O)NCc2ccco2)cs1. The third kappa shape index (κ3) is 3.40. The summed E-state index contributed by atoms with van der Waals surface area (Å²) in [7, 11) is 0. The van der Waals surface area contributed by atoms with E-state index in [4.69, 9.17) is 10.2 Å². The van der Waals surface area contributed by atoms with Crippen molar-refractivity contribution >= 4 is 17.2 Å². The van der Waals surface area contributed by atoms with E-state index >= 15 is 0 Å². The number of carbonyl (C=O) groups is 1. The standard InChI is InChI=1S/C11H13N3O2S/c12-5-11-14-8(7-17-11)4-10(15)13-6-9-2-1-3-16-9/h1-3,7H,4-6,12H2,(H,13,15). The van der Waals surface area contributed by atoms with Crippen molar-refractivity contribution in [1.82, 2.24) is 10.3 Å². The highest BCUT2D eigenvalue weighted by molar-refractivity contribution is 7.09. The number of rotatable bonds is 5. The van der Waals surface area contributed by atoms with Crippen LogP contribution in [-0.2, 0) is 24.3 Å². The van der Waals surface area contributed by atoms with Crippen LogP contribution in [0.15, 0.2) is 28.2 Å². The minimum Gasteiger partial charge on any atom is -0.467 e. The molecule has 17 heavy (non-hydrogen) atoms. The molecule has 0 aromatic carbocycles. The molecule has 2 heterocycles. The van der Waals surface area contributed by atoms with Crippen LogP contribution in [-0.4, -0.2) is 10.9 Å². The Kier molecular flexibility index (Phi) is 3.89. The third-order valence-electron chi connectivity index (χ3n) is 2.16. The van der Waals surface area contributed by atoms with Crippen molar-refractivity contribution in [2.24, 2.45) is 5.73 Å². The molecule has 0 atom stereocenters. The van der Waals surface area contributed by atoms with Crippen LogP contribution in [0.5, 0.6) is 0 Å². The number of nitrogens with zero attached hydrogens (tertiary/aromatic N) is 1. The second-order valence-corrected chi connectivity index (χ2v) is 4.41. The van der Waals surface area contributed by atoms with Gasteiger partial charge in [0.2, 0.25) is 5.91 Å². The highest BCUT2D eigenvalue weighted by Gasteiger charge is 2.07. The molecule has 2 aromatic heterocycles. The van der Waals surface area contributed by atoms with Crippen molar-refractivity contribution in [1.29, 1.82) is 0 Å². The number of nitrogens with one attached hydrogen (secondary N) is 1. The van der Waals surface area contributed by atoms with Gasteiger partial charge in [0.15, 0.2) is 0 Å². The quantitative estimate of drug-likeness (QED) is 0.832. The Hall–Kier alpha value is -1.66. The summed E-state index contributed by atoms with van der Waals surface area (Å²) < 4.78 is 5.11. The van der Waals surface area contributed by atoms with E-state index in [0.717, 1.165) is 16.5 Å². The molecule has 0 aliphatic heterocycles. The maximum absolute atomic E-state index is 11.6. The van der Waals surface area contributed by atoms with Crippen LogP contribution in [0.3, 0.4) is 0 Å². The first-order valence-electron chi connectivity index (χ1n) is 5.20. The fourth-order valence-electron chi connectivity index (χ4n) is 1.35. The number of furan rings is 1. The van der Waals surface area contributed by atoms with Gasteiger partial charge in [-0.1, -0.05) is 0 Å². The first-order chi connectivity index (χ1) is 8.28. The highest BCUT2D eigenvalue weighted by atomic mass is 32.1. The van der Waals surface area contributed by atoms with Crippen LogP contribution >= 0.6 is 11.3 Å². The van der Waals surface area contributed by atoms with Crippen LogP contribution in [0.4, 0.5) is 0 Å². The molecule has 0 aliphatic carbocycles. The van der Waals surface area contributed by atoms with Gasteiger partial charge in [0, 0.05) is 11.9 Å². The lowest BCUT2D eigenvalue weighted by molar-refractivity contribution is -0.120. The van der Waals surface area contributed by atoms with Gasteiger partial charge >= 0.3 is 0 Å². The topological polar surface area (TPSA) is 81.1 Å². The predicted octanol–water partition coefficient (Wildman–Crippen LogP) is 1.05. The lowest BCUT2D eigenvalue weighted by Gasteiger charge is -2.00. The molecule has 0 fully saturated rings. The molecule has 0 saturated carbocycles. The summed E-state index contributed by atoms with van der Waals surface area (Å²) in [4.78, 5) is 15.8. The monoisotopic (exact) mass is 251 g/mol. The summed E-state index contributed by atoms with van der Waals surface area (Å²) >= 11 is 1.47. The zero-order chi connectivity index (χ0) is 12.1. The fraction of sp³-hybridized carbons (Fsp3) is 0.273. The molecule has 2 aromatic rings. The largest absolute Gasteiger partial charge is 0.467 e. The number of amides is 1. The summed E-state index contributed by atoms with van der Waals surface area (Å²) in [6.45, 7) is 0.818. The summed E-state index contributed by atoms with van der Waals surface area (Å²) in [5, 5.41) is 5.46. The summed E-state index contributed by atoms with van der Waals surface area (Å²) in [5.41, 5.74) is 6.21. The van der Waals surface area contributed by atoms with Crippen molar-refractivity contribution in [3.8, 4) is 0 Å². The number of aromatic nitrogens is 1. The van der Waals surface area contributed by atoms with Gasteiger partial charge in [0.25, 0.3) is 0 Å². The molecule has 0 unspecified atom stereocenters. The first-order valence-corrected chi connectivity index (χ1v) is 6.08. The molecule has 5 nitrogen and oxygen atoms in total. The zero-order valence-corrected chi connectivity index (χ0v) is 10.00. The van der Waals surface area contributed by atoms with Crippen molar-refractivity contribution < 1.29 is 9.21 Å². The van der Waals surface area contributed by atoms with Crippen LogP contribution in [0.2, 0.25) is 0 Å². The van der Waals surface area contributed by atoms with Gasteiger partial charge in [0.05, 0.1) is 24.9 Å². The van der Waals surface area contributed by atoms with E-state index in [9.17, 15) is 4.79 Å². The number of hydrogen-bond acceptors (Lipinski definition) is 5. The predicted molar refractivity (Wildman–Crippen MR) is 64.3 cm³/mol. The normalized spacial score (nSPS) is 10.4. The van der Waals surface area contributed by atoms with Crippen LogP contribution in [0.25, 0.3) is 0 Å². The van der Waals surface area contributed by atoms with Gasteiger partial charge in [-0.15, -0.1) is 11.3 Å². The van der Waals surface area contributed by atoms with E-state index in [-0.39, 0.29) is 12.3 Å². The molecular weight excluding hydrogens is 238 g/mol. The Morgan fingerprint density at radius 2 is 2.47 bits per heavy atom. The van der Waals surface area contributed by atoms with Gasteiger partial charge in [-0.05, 0) is 12.1 Å². The zero-order valence-electron chi connectivity index (χ0n) is 9.18. The molecule has 0 radical (unpaired) electrons. The first kappa shape index (κ1) is 11.8. The van der Waals surface area contributed by atoms with E-state index in [1.807, 2.05) is 11.4 Å². The van der Waals surface area contributed by atoms with Crippen LogP contribution in [0, 0.1) is 0 Å². The Bertz CT molecular complexity index is 479. The minimum atomic E-state index is -0.0738. The molecular formula is C11H13N3O2S. The van der Waals surface area contributed by atoms with Gasteiger partial charge in [-0.25, -0.2) is 4.98 Å². The lowest BCUT2D eigenvalue weighted by atomic mass is 10.3. The summed E-state index contributed by atoms with van der Waals surface area (Å²) in [6.07, 6.45) is 1.85. The molecule has 3 N–H and O–H groups in total. The maximum Gasteiger partial charge on any atom is 0.226 e. The molecule has 6 heteroatoms. The molecule has 1 amide bonds. The van der Waals surface area contributed by atoms with E-state index in [2.05, 4.69) is 10.3 Å². The van der Waals surface area contributed by atoms with Crippen molar-refractivity contribution in [3.05, 3.63) is 40.2 Å². The van der Waals surface area contributed by atoms with Gasteiger partial charge in [-0.3, -0.25) is 4.79 Å². The van der Waals surface area contributed by atoms with Gasteiger partial charge < -0.3 is 15.5 Å². The lowest BCUT2D eigenvalue weighted by Crippen LogP contribution is -2.24. The second-order valence-electron chi connectivity index (χ2n) is 3.47. The molecule has 0 bridgehead atoms. The summed E-state index contributed by atoms with van der Waals surface area (Å²) in [5.74, 6) is 0.662. The molecule has 0 saturated heterocycles. The maximum atomic E-state index is 11.6. The Morgan fingerprint density at radius 3 is 3.12 bits per heavy atom. The average Bonchev–Trinajstić information content (AvgIpc) is 2.97. The Morgan fingerprint density at radius 1 is 1.59 bits per heavy atom. The minimum absolute atomic E-state index is 0.0738. The number of nitrogens with two attached hydrogens (primary N) is 1. The molecule has 2 rings (SSSR count). The van der Waals surface area contributed by atoms with Crippen molar-refractivity contribution in [2.45, 2.75) is 19.5 Å². The molecule has 0 aliphatic rings. The van der Waals surface area contributed by atoms with E-state index in [1.54, 1.807) is 12.3 Å². The average molecular weight is 251 g/mol. The van der Waals surface area contributed by atoms with Gasteiger partial charge in [-0.2, -0.15) is 0 Å². The van der Waals surface area contributed by atoms with Gasteiger partial charge in [0.1, 0.15) is 10.8 Å². The van der Waals surface area contributed by atoms with E-state index in [0.29, 0.717) is 13.1 Å². The Balaban J connectivity index is 1.81. The molecule has 90 valence electrons. The highest BCUT2D eigenvalue weighted by Crippen LogP contribution is 2.09. The number of carbonyl (C=O) groups excluding carboxylic acids is 1. The number of hydrogen-bond donors (Lipinski definition) is 2. The van der Waals surface area contributed by atoms with Crippen molar-refractivity contribution in [2.75, 3.05) is 0 Å². The summed E-state index contributed by atoms with van der Waals surface area (Å²) in [6, 6.07) is 3.60. The Labute approximate surface area is 103 Å². The number of thiazole rings is 1. The third-order valence-corrected chi connectivity index (χ3v) is 3.08. The second kappa shape index (κ2) is 5.60.